The number of methoxy groups -OCH3 is 1. The first-order valence-corrected chi connectivity index (χ1v) is 11.0. The highest BCUT2D eigenvalue weighted by atomic mass is 32.2. The van der Waals surface area contributed by atoms with Crippen LogP contribution >= 0.6 is 11.8 Å². The van der Waals surface area contributed by atoms with Gasteiger partial charge in [0, 0.05) is 12.1 Å². The lowest BCUT2D eigenvalue weighted by atomic mass is 10.2. The van der Waals surface area contributed by atoms with Gasteiger partial charge in [0.1, 0.15) is 11.5 Å². The number of nitro benzene ring substituents is 1. The summed E-state index contributed by atoms with van der Waals surface area (Å²) in [5, 5.41) is 16.4. The molecule has 0 fully saturated rings. The number of urea groups is 1. The third kappa shape index (κ3) is 5.02. The number of thioether (sulfide) groups is 1. The second kappa shape index (κ2) is 10.1. The molecule has 2 N–H and O–H groups in total. The Kier molecular flexibility index (Phi) is 6.78. The standard InChI is InChI=1S/C22H19N5O6S/c1-32-19-7-3-2-6-18(19)26-17-9-8-14(27(30)31)11-16(17)24-22(26)34-13-20(28)25-21(29)23-12-15-5-4-10-33-15/h2-11H,12-13H2,1H3,(H2,23,25,28,29). The molecule has 174 valence electrons. The molecule has 4 aromatic rings. The van der Waals surface area contributed by atoms with Gasteiger partial charge in [0.05, 0.1) is 47.3 Å². The number of rotatable bonds is 8. The minimum Gasteiger partial charge on any atom is -0.495 e. The maximum Gasteiger partial charge on any atom is 0.321 e. The van der Waals surface area contributed by atoms with Gasteiger partial charge >= 0.3 is 6.03 Å². The number of amides is 3. The van der Waals surface area contributed by atoms with Crippen LogP contribution in [0.2, 0.25) is 0 Å². The molecule has 0 atom stereocenters. The smallest absolute Gasteiger partial charge is 0.321 e. The van der Waals surface area contributed by atoms with Gasteiger partial charge in [0.15, 0.2) is 5.16 Å². The minimum atomic E-state index is -0.657. The Morgan fingerprint density at radius 3 is 2.76 bits per heavy atom. The summed E-state index contributed by atoms with van der Waals surface area (Å²) in [7, 11) is 1.53. The SMILES string of the molecule is COc1ccccc1-n1c(SCC(=O)NC(=O)NCc2ccco2)nc2cc([N+](=O)[O-])ccc21. The predicted octanol–water partition coefficient (Wildman–Crippen LogP) is 3.65. The van der Waals surface area contributed by atoms with Crippen LogP contribution < -0.4 is 15.4 Å². The van der Waals surface area contributed by atoms with Gasteiger partial charge in [0.25, 0.3) is 5.69 Å². The van der Waals surface area contributed by atoms with E-state index in [0.29, 0.717) is 33.4 Å². The third-order valence-electron chi connectivity index (χ3n) is 4.73. The summed E-state index contributed by atoms with van der Waals surface area (Å²) < 4.78 is 12.3. The van der Waals surface area contributed by atoms with Gasteiger partial charge in [-0.3, -0.25) is 24.8 Å². The van der Waals surface area contributed by atoms with E-state index in [4.69, 9.17) is 9.15 Å². The number of benzene rings is 2. The molecule has 0 saturated heterocycles. The first-order chi connectivity index (χ1) is 16.5. The monoisotopic (exact) mass is 481 g/mol. The topological polar surface area (TPSA) is 142 Å². The molecule has 0 aliphatic carbocycles. The van der Waals surface area contributed by atoms with E-state index in [1.807, 2.05) is 18.2 Å². The van der Waals surface area contributed by atoms with Crippen molar-refractivity contribution in [2.75, 3.05) is 12.9 Å². The van der Waals surface area contributed by atoms with Crippen molar-refractivity contribution in [3.05, 3.63) is 76.7 Å². The highest BCUT2D eigenvalue weighted by molar-refractivity contribution is 7.99. The van der Waals surface area contributed by atoms with Gasteiger partial charge in [-0.25, -0.2) is 9.78 Å². The lowest BCUT2D eigenvalue weighted by molar-refractivity contribution is -0.384. The fourth-order valence-corrected chi connectivity index (χ4v) is 4.04. The average Bonchev–Trinajstić information content (AvgIpc) is 3.48. The van der Waals surface area contributed by atoms with E-state index in [1.54, 1.807) is 28.8 Å². The Labute approximate surface area is 197 Å². The van der Waals surface area contributed by atoms with Crippen molar-refractivity contribution in [1.82, 2.24) is 20.2 Å². The molecule has 0 aliphatic rings. The number of ether oxygens (including phenoxy) is 1. The minimum absolute atomic E-state index is 0.0975. The second-order valence-electron chi connectivity index (χ2n) is 6.93. The van der Waals surface area contributed by atoms with Crippen molar-refractivity contribution < 1.29 is 23.7 Å². The van der Waals surface area contributed by atoms with Crippen LogP contribution in [0, 0.1) is 10.1 Å². The number of furan rings is 1. The molecule has 0 bridgehead atoms. The van der Waals surface area contributed by atoms with Gasteiger partial charge in [0.2, 0.25) is 5.91 Å². The van der Waals surface area contributed by atoms with Crippen LogP contribution in [0.4, 0.5) is 10.5 Å². The van der Waals surface area contributed by atoms with Crippen LogP contribution in [0.15, 0.2) is 70.4 Å². The summed E-state index contributed by atoms with van der Waals surface area (Å²) in [6.45, 7) is 0.141. The van der Waals surface area contributed by atoms with Gasteiger partial charge in [-0.05, 0) is 30.3 Å². The Hall–Kier alpha value is -4.32. The van der Waals surface area contributed by atoms with Crippen LogP contribution in [-0.4, -0.2) is 39.3 Å². The van der Waals surface area contributed by atoms with E-state index in [9.17, 15) is 19.7 Å². The fourth-order valence-electron chi connectivity index (χ4n) is 3.22. The number of para-hydroxylation sites is 2. The molecule has 12 heteroatoms. The first kappa shape index (κ1) is 22.9. The molecule has 0 radical (unpaired) electrons. The van der Waals surface area contributed by atoms with Gasteiger partial charge in [-0.2, -0.15) is 0 Å². The number of aromatic nitrogens is 2. The number of hydrogen-bond acceptors (Lipinski definition) is 8. The summed E-state index contributed by atoms with van der Waals surface area (Å²) in [5.74, 6) is 0.460. The zero-order chi connectivity index (χ0) is 24.1. The Balaban J connectivity index is 1.55. The molecule has 0 aliphatic heterocycles. The molecule has 2 heterocycles. The third-order valence-corrected chi connectivity index (χ3v) is 5.67. The maximum absolute atomic E-state index is 12.4. The van der Waals surface area contributed by atoms with E-state index in [2.05, 4.69) is 15.6 Å². The number of carbonyl (C=O) groups is 2. The number of nitro groups is 1. The fraction of sp³-hybridized carbons (Fsp3) is 0.136. The molecule has 0 unspecified atom stereocenters. The van der Waals surface area contributed by atoms with Crippen molar-refractivity contribution in [2.24, 2.45) is 0 Å². The van der Waals surface area contributed by atoms with E-state index >= 15 is 0 Å². The molecule has 4 rings (SSSR count). The second-order valence-corrected chi connectivity index (χ2v) is 7.87. The number of hydrogen-bond donors (Lipinski definition) is 2. The normalized spacial score (nSPS) is 10.7. The average molecular weight is 481 g/mol. The van der Waals surface area contributed by atoms with Crippen LogP contribution in [0.3, 0.4) is 0 Å². The number of nitrogens with one attached hydrogen (secondary N) is 2. The highest BCUT2D eigenvalue weighted by Gasteiger charge is 2.20. The largest absolute Gasteiger partial charge is 0.495 e. The summed E-state index contributed by atoms with van der Waals surface area (Å²) in [6, 6.07) is 14.3. The Morgan fingerprint density at radius 2 is 2.03 bits per heavy atom. The zero-order valence-corrected chi connectivity index (χ0v) is 18.7. The number of carbonyl (C=O) groups excluding carboxylic acids is 2. The van der Waals surface area contributed by atoms with Crippen molar-refractivity contribution in [3.63, 3.8) is 0 Å². The molecular weight excluding hydrogens is 462 g/mol. The molecule has 3 amide bonds. The van der Waals surface area contributed by atoms with Crippen LogP contribution in [0.25, 0.3) is 16.7 Å². The number of fused-ring (bicyclic) bond motifs is 1. The van der Waals surface area contributed by atoms with E-state index in [-0.39, 0.29) is 18.0 Å². The van der Waals surface area contributed by atoms with Gasteiger partial charge < -0.3 is 14.5 Å². The summed E-state index contributed by atoms with van der Waals surface area (Å²) in [5.41, 5.74) is 1.55. The van der Waals surface area contributed by atoms with Crippen molar-refractivity contribution in [1.29, 1.82) is 0 Å². The van der Waals surface area contributed by atoms with E-state index in [0.717, 1.165) is 11.8 Å². The molecular formula is C22H19N5O6S. The number of imidazole rings is 1. The summed E-state index contributed by atoms with van der Waals surface area (Å²) in [4.78, 5) is 39.5. The lowest BCUT2D eigenvalue weighted by Gasteiger charge is -2.13. The Morgan fingerprint density at radius 1 is 1.21 bits per heavy atom. The van der Waals surface area contributed by atoms with Crippen molar-refractivity contribution in [3.8, 4) is 11.4 Å². The number of non-ortho nitro benzene ring substituents is 1. The highest BCUT2D eigenvalue weighted by Crippen LogP contribution is 2.33. The Bertz CT molecular complexity index is 1350. The molecule has 0 saturated carbocycles. The van der Waals surface area contributed by atoms with Gasteiger partial charge in [-0.1, -0.05) is 23.9 Å². The van der Waals surface area contributed by atoms with Crippen molar-refractivity contribution >= 4 is 40.4 Å². The summed E-state index contributed by atoms with van der Waals surface area (Å²) >= 11 is 1.08. The number of imide groups is 1. The molecule has 11 nitrogen and oxygen atoms in total. The quantitative estimate of drug-likeness (QED) is 0.221. The molecule has 0 spiro atoms. The van der Waals surface area contributed by atoms with Crippen molar-refractivity contribution in [2.45, 2.75) is 11.7 Å². The van der Waals surface area contributed by atoms with Gasteiger partial charge in [-0.15, -0.1) is 0 Å². The lowest BCUT2D eigenvalue weighted by Crippen LogP contribution is -2.39. The van der Waals surface area contributed by atoms with Crippen LogP contribution in [0.5, 0.6) is 5.75 Å². The molecule has 2 aromatic carbocycles. The number of nitrogens with zero attached hydrogens (tertiary/aromatic N) is 3. The molecule has 34 heavy (non-hydrogen) atoms. The predicted molar refractivity (Wildman–Crippen MR) is 124 cm³/mol. The molecule has 2 aromatic heterocycles. The maximum atomic E-state index is 12.4. The first-order valence-electron chi connectivity index (χ1n) is 9.99. The zero-order valence-electron chi connectivity index (χ0n) is 17.9. The summed E-state index contributed by atoms with van der Waals surface area (Å²) in [6.07, 6.45) is 1.49. The van der Waals surface area contributed by atoms with E-state index < -0.39 is 16.9 Å². The van der Waals surface area contributed by atoms with E-state index in [1.165, 1.54) is 25.5 Å². The van der Waals surface area contributed by atoms with Crippen LogP contribution in [0.1, 0.15) is 5.76 Å². The van der Waals surface area contributed by atoms with Crippen LogP contribution in [-0.2, 0) is 11.3 Å².